The van der Waals surface area contributed by atoms with E-state index in [1.807, 2.05) is 0 Å². The Bertz CT molecular complexity index is 1050. The number of nitrogens with one attached hydrogen (secondary N) is 2. The molecular formula is C21H24N4O4. The van der Waals surface area contributed by atoms with Crippen LogP contribution in [0, 0.1) is 11.3 Å². The van der Waals surface area contributed by atoms with Gasteiger partial charge in [0.25, 0.3) is 11.5 Å². The molecule has 4 N–H and O–H groups in total. The number of pyridine rings is 1. The molecule has 0 spiro atoms. The van der Waals surface area contributed by atoms with Gasteiger partial charge in [0.05, 0.1) is 12.8 Å². The predicted octanol–water partition coefficient (Wildman–Crippen LogP) is 2.53. The molecule has 2 aromatic rings. The van der Waals surface area contributed by atoms with Gasteiger partial charge in [0.1, 0.15) is 11.4 Å². The van der Waals surface area contributed by atoms with Crippen molar-refractivity contribution in [1.29, 1.82) is 5.41 Å². The van der Waals surface area contributed by atoms with Crippen LogP contribution in [-0.2, 0) is 11.8 Å². The van der Waals surface area contributed by atoms with E-state index in [9.17, 15) is 9.59 Å². The summed E-state index contributed by atoms with van der Waals surface area (Å²) in [5, 5.41) is 10.7. The summed E-state index contributed by atoms with van der Waals surface area (Å²) in [7, 11) is 3.14. The standard InChI is InChI=1S/C21H24N4O4/c1-25-10-15(14(9-22)17(23)21(25)27)13-7-12(28-2)8-16-19(13)29-18(20(26)24-16)11-5-3-4-6-11/h7-11,18,22H,3-6,23H2,1-2H3,(H,24,26). The molecule has 4 rings (SSSR count). The highest BCUT2D eigenvalue weighted by atomic mass is 16.5. The smallest absolute Gasteiger partial charge is 0.274 e. The molecule has 1 aliphatic carbocycles. The fourth-order valence-electron chi connectivity index (χ4n) is 4.24. The molecule has 0 radical (unpaired) electrons. The lowest BCUT2D eigenvalue weighted by atomic mass is 9.95. The van der Waals surface area contributed by atoms with E-state index in [4.69, 9.17) is 20.6 Å². The van der Waals surface area contributed by atoms with E-state index < -0.39 is 6.10 Å². The number of hydrogen-bond acceptors (Lipinski definition) is 6. The van der Waals surface area contributed by atoms with Crippen LogP contribution in [0.25, 0.3) is 11.1 Å². The lowest BCUT2D eigenvalue weighted by Gasteiger charge is -2.31. The number of nitrogens with zero attached hydrogens (tertiary/aromatic N) is 1. The fraction of sp³-hybridized carbons (Fsp3) is 0.381. The zero-order valence-corrected chi connectivity index (χ0v) is 16.5. The Labute approximate surface area is 168 Å². The van der Waals surface area contributed by atoms with Gasteiger partial charge < -0.3 is 30.5 Å². The molecule has 1 atom stereocenters. The van der Waals surface area contributed by atoms with Gasteiger partial charge in [0.15, 0.2) is 11.9 Å². The first-order valence-corrected chi connectivity index (χ1v) is 9.64. The van der Waals surface area contributed by atoms with Crippen molar-refractivity contribution in [2.45, 2.75) is 31.8 Å². The van der Waals surface area contributed by atoms with Crippen LogP contribution < -0.4 is 26.1 Å². The zero-order chi connectivity index (χ0) is 20.7. The molecular weight excluding hydrogens is 372 g/mol. The summed E-state index contributed by atoms with van der Waals surface area (Å²) in [5.74, 6) is 1.04. The lowest BCUT2D eigenvalue weighted by molar-refractivity contribution is -0.125. The quantitative estimate of drug-likeness (QED) is 0.686. The summed E-state index contributed by atoms with van der Waals surface area (Å²) in [6.45, 7) is 0. The maximum absolute atomic E-state index is 12.7. The van der Waals surface area contributed by atoms with Gasteiger partial charge in [-0.15, -0.1) is 0 Å². The van der Waals surface area contributed by atoms with E-state index in [2.05, 4.69) is 5.32 Å². The van der Waals surface area contributed by atoms with E-state index in [1.165, 1.54) is 11.7 Å². The predicted molar refractivity (Wildman–Crippen MR) is 111 cm³/mol. The number of anilines is 2. The summed E-state index contributed by atoms with van der Waals surface area (Å²) >= 11 is 0. The van der Waals surface area contributed by atoms with Crippen molar-refractivity contribution in [2.75, 3.05) is 18.2 Å². The van der Waals surface area contributed by atoms with Crippen LogP contribution >= 0.6 is 0 Å². The van der Waals surface area contributed by atoms with Crippen LogP contribution in [0.2, 0.25) is 0 Å². The maximum atomic E-state index is 12.7. The minimum absolute atomic E-state index is 0.0104. The summed E-state index contributed by atoms with van der Waals surface area (Å²) in [4.78, 5) is 24.9. The van der Waals surface area contributed by atoms with Crippen molar-refractivity contribution >= 4 is 23.5 Å². The van der Waals surface area contributed by atoms with Crippen molar-refractivity contribution in [3.05, 3.63) is 34.2 Å². The number of aryl methyl sites for hydroxylation is 1. The normalized spacial score (nSPS) is 18.7. The van der Waals surface area contributed by atoms with Gasteiger partial charge in [-0.05, 0) is 18.9 Å². The van der Waals surface area contributed by atoms with Crippen molar-refractivity contribution in [3.63, 3.8) is 0 Å². The second-order valence-electron chi connectivity index (χ2n) is 7.55. The number of amides is 1. The average Bonchev–Trinajstić information content (AvgIpc) is 3.25. The molecule has 1 aromatic heterocycles. The second-order valence-corrected chi connectivity index (χ2v) is 7.55. The van der Waals surface area contributed by atoms with Gasteiger partial charge in [0, 0.05) is 48.1 Å². The molecule has 1 saturated carbocycles. The molecule has 8 heteroatoms. The van der Waals surface area contributed by atoms with E-state index in [0.717, 1.165) is 31.9 Å². The number of nitrogen functional groups attached to an aromatic ring is 1. The molecule has 1 aromatic carbocycles. The van der Waals surface area contributed by atoms with Crippen molar-refractivity contribution in [2.24, 2.45) is 13.0 Å². The zero-order valence-electron chi connectivity index (χ0n) is 16.5. The van der Waals surface area contributed by atoms with Crippen LogP contribution in [-0.4, -0.2) is 29.9 Å². The first kappa shape index (κ1) is 19.0. The van der Waals surface area contributed by atoms with Crippen LogP contribution in [0.5, 0.6) is 11.5 Å². The minimum atomic E-state index is -0.564. The fourth-order valence-corrected chi connectivity index (χ4v) is 4.24. The minimum Gasteiger partial charge on any atom is -0.497 e. The van der Waals surface area contributed by atoms with Gasteiger partial charge >= 0.3 is 0 Å². The number of rotatable bonds is 4. The molecule has 1 unspecified atom stereocenters. The molecule has 2 heterocycles. The number of methoxy groups -OCH3 is 1. The topological polar surface area (TPSA) is 119 Å². The first-order chi connectivity index (χ1) is 13.9. The molecule has 8 nitrogen and oxygen atoms in total. The molecule has 1 fully saturated rings. The summed E-state index contributed by atoms with van der Waals surface area (Å²) in [5.41, 5.74) is 7.61. The third-order valence-electron chi connectivity index (χ3n) is 5.78. The summed E-state index contributed by atoms with van der Waals surface area (Å²) in [6.07, 6.45) is 6.22. The number of nitrogens with two attached hydrogens (primary N) is 1. The molecule has 0 saturated heterocycles. The number of fused-ring (bicyclic) bond motifs is 1. The summed E-state index contributed by atoms with van der Waals surface area (Å²) in [6, 6.07) is 3.48. The highest BCUT2D eigenvalue weighted by Gasteiger charge is 2.37. The van der Waals surface area contributed by atoms with E-state index >= 15 is 0 Å². The third kappa shape index (κ3) is 3.14. The second kappa shape index (κ2) is 7.27. The lowest BCUT2D eigenvalue weighted by Crippen LogP contribution is -2.41. The van der Waals surface area contributed by atoms with Crippen LogP contribution in [0.3, 0.4) is 0 Å². The van der Waals surface area contributed by atoms with Crippen LogP contribution in [0.4, 0.5) is 11.4 Å². The maximum Gasteiger partial charge on any atom is 0.274 e. The van der Waals surface area contributed by atoms with Crippen LogP contribution in [0.15, 0.2) is 23.1 Å². The van der Waals surface area contributed by atoms with E-state index in [-0.39, 0.29) is 23.1 Å². The number of aromatic nitrogens is 1. The monoisotopic (exact) mass is 396 g/mol. The molecule has 152 valence electrons. The Morgan fingerprint density at radius 3 is 2.66 bits per heavy atom. The third-order valence-corrected chi connectivity index (χ3v) is 5.78. The van der Waals surface area contributed by atoms with Gasteiger partial charge in [0.2, 0.25) is 0 Å². The molecule has 2 aliphatic rings. The van der Waals surface area contributed by atoms with Gasteiger partial charge in [-0.25, -0.2) is 0 Å². The average molecular weight is 396 g/mol. The van der Waals surface area contributed by atoms with Gasteiger partial charge in [-0.1, -0.05) is 12.8 Å². The van der Waals surface area contributed by atoms with Gasteiger partial charge in [-0.2, -0.15) is 0 Å². The highest BCUT2D eigenvalue weighted by Crippen LogP contribution is 2.45. The van der Waals surface area contributed by atoms with Crippen molar-refractivity contribution in [1.82, 2.24) is 4.57 Å². The van der Waals surface area contributed by atoms with Crippen molar-refractivity contribution < 1.29 is 14.3 Å². The number of hydrogen-bond donors (Lipinski definition) is 3. The Hall–Kier alpha value is -3.29. The number of carbonyl (C=O) groups excluding carboxylic acids is 1. The van der Waals surface area contributed by atoms with E-state index in [1.54, 1.807) is 25.4 Å². The molecule has 1 aliphatic heterocycles. The Balaban J connectivity index is 1.92. The largest absolute Gasteiger partial charge is 0.497 e. The van der Waals surface area contributed by atoms with Crippen molar-refractivity contribution in [3.8, 4) is 22.6 Å². The number of ether oxygens (including phenoxy) is 2. The first-order valence-electron chi connectivity index (χ1n) is 9.64. The van der Waals surface area contributed by atoms with Crippen LogP contribution in [0.1, 0.15) is 31.2 Å². The Morgan fingerprint density at radius 2 is 2.00 bits per heavy atom. The number of carbonyl (C=O) groups is 1. The molecule has 29 heavy (non-hydrogen) atoms. The Morgan fingerprint density at radius 1 is 1.28 bits per heavy atom. The molecule has 1 amide bonds. The van der Waals surface area contributed by atoms with Gasteiger partial charge in [-0.3, -0.25) is 9.59 Å². The molecule has 0 bridgehead atoms. The van der Waals surface area contributed by atoms with E-state index in [0.29, 0.717) is 33.9 Å². The highest BCUT2D eigenvalue weighted by molar-refractivity contribution is 6.02. The SMILES string of the molecule is COc1cc2c(c(-c3cn(C)c(=O)c(N)c3C=N)c1)OC(C1CCCC1)C(=O)N2. The number of benzene rings is 1. The summed E-state index contributed by atoms with van der Waals surface area (Å²) < 4.78 is 13.0. The Kier molecular flexibility index (Phi) is 4.77.